The van der Waals surface area contributed by atoms with E-state index in [1.54, 1.807) is 6.07 Å². The van der Waals surface area contributed by atoms with E-state index in [0.29, 0.717) is 5.92 Å². The standard InChI is InChI=1S/C12H18N2O/c1-3-8(2)12-13-10(6-9-4-5-9)7-11(15)14-12/h7-9H,3-6H2,1-2H3,(H,13,14,15). The first-order chi connectivity index (χ1) is 7.19. The van der Waals surface area contributed by atoms with Crippen LogP contribution in [0.25, 0.3) is 0 Å². The van der Waals surface area contributed by atoms with E-state index < -0.39 is 0 Å². The lowest BCUT2D eigenvalue weighted by Gasteiger charge is -2.08. The normalized spacial score (nSPS) is 17.7. The molecular formula is C12H18N2O. The Labute approximate surface area is 89.9 Å². The van der Waals surface area contributed by atoms with Gasteiger partial charge in [-0.2, -0.15) is 0 Å². The second-order valence-electron chi connectivity index (χ2n) is 4.58. The number of aromatic amines is 1. The Morgan fingerprint density at radius 2 is 2.33 bits per heavy atom. The third-order valence-corrected chi connectivity index (χ3v) is 3.09. The second-order valence-corrected chi connectivity index (χ2v) is 4.58. The third-order valence-electron chi connectivity index (χ3n) is 3.09. The molecule has 0 spiro atoms. The summed E-state index contributed by atoms with van der Waals surface area (Å²) < 4.78 is 0. The molecule has 1 aliphatic rings. The molecule has 15 heavy (non-hydrogen) atoms. The summed E-state index contributed by atoms with van der Waals surface area (Å²) in [6.07, 6.45) is 4.59. The van der Waals surface area contributed by atoms with Crippen molar-refractivity contribution in [3.63, 3.8) is 0 Å². The molecule has 1 heterocycles. The molecule has 82 valence electrons. The van der Waals surface area contributed by atoms with E-state index in [-0.39, 0.29) is 5.56 Å². The summed E-state index contributed by atoms with van der Waals surface area (Å²) in [5, 5.41) is 0. The van der Waals surface area contributed by atoms with Gasteiger partial charge >= 0.3 is 0 Å². The Morgan fingerprint density at radius 1 is 1.60 bits per heavy atom. The molecule has 0 aliphatic heterocycles. The molecule has 0 bridgehead atoms. The molecule has 1 fully saturated rings. The molecule has 1 saturated carbocycles. The molecule has 1 unspecified atom stereocenters. The van der Waals surface area contributed by atoms with Crippen LogP contribution in [-0.4, -0.2) is 9.97 Å². The quantitative estimate of drug-likeness (QED) is 0.821. The van der Waals surface area contributed by atoms with Crippen LogP contribution >= 0.6 is 0 Å². The van der Waals surface area contributed by atoms with Gasteiger partial charge in [-0.05, 0) is 31.6 Å². The minimum Gasteiger partial charge on any atom is -0.310 e. The predicted molar refractivity (Wildman–Crippen MR) is 60.0 cm³/mol. The molecule has 2 rings (SSSR count). The van der Waals surface area contributed by atoms with E-state index in [2.05, 4.69) is 23.8 Å². The van der Waals surface area contributed by atoms with E-state index in [1.165, 1.54) is 12.8 Å². The first-order valence-electron chi connectivity index (χ1n) is 5.79. The Balaban J connectivity index is 2.22. The van der Waals surface area contributed by atoms with Crippen LogP contribution in [0.4, 0.5) is 0 Å². The van der Waals surface area contributed by atoms with Gasteiger partial charge in [-0.15, -0.1) is 0 Å². The summed E-state index contributed by atoms with van der Waals surface area (Å²) >= 11 is 0. The molecular weight excluding hydrogens is 188 g/mol. The van der Waals surface area contributed by atoms with Crippen molar-refractivity contribution in [2.45, 2.75) is 45.4 Å². The fourth-order valence-corrected chi connectivity index (χ4v) is 1.68. The minimum absolute atomic E-state index is 0.00375. The van der Waals surface area contributed by atoms with Gasteiger partial charge in [-0.1, -0.05) is 13.8 Å². The first kappa shape index (κ1) is 10.4. The maximum atomic E-state index is 11.4. The van der Waals surface area contributed by atoms with Gasteiger partial charge in [0.05, 0.1) is 0 Å². The maximum absolute atomic E-state index is 11.4. The summed E-state index contributed by atoms with van der Waals surface area (Å²) in [4.78, 5) is 18.8. The zero-order valence-corrected chi connectivity index (χ0v) is 9.42. The number of nitrogens with zero attached hydrogens (tertiary/aromatic N) is 1. The molecule has 1 aromatic rings. The number of hydrogen-bond donors (Lipinski definition) is 1. The molecule has 0 amide bonds. The Kier molecular flexibility index (Phi) is 2.89. The molecule has 1 N–H and O–H groups in total. The van der Waals surface area contributed by atoms with Crippen LogP contribution in [0.5, 0.6) is 0 Å². The smallest absolute Gasteiger partial charge is 0.251 e. The fraction of sp³-hybridized carbons (Fsp3) is 0.667. The van der Waals surface area contributed by atoms with Gasteiger partial charge in [-0.25, -0.2) is 4.98 Å². The number of H-pyrrole nitrogens is 1. The fourth-order valence-electron chi connectivity index (χ4n) is 1.68. The molecule has 1 atom stereocenters. The average molecular weight is 206 g/mol. The summed E-state index contributed by atoms with van der Waals surface area (Å²) in [5.74, 6) is 1.97. The highest BCUT2D eigenvalue weighted by molar-refractivity contribution is 5.07. The number of aromatic nitrogens is 2. The highest BCUT2D eigenvalue weighted by Crippen LogP contribution is 2.31. The molecule has 3 heteroatoms. The molecule has 0 radical (unpaired) electrons. The van der Waals surface area contributed by atoms with Gasteiger partial charge in [0.1, 0.15) is 5.82 Å². The topological polar surface area (TPSA) is 45.8 Å². The van der Waals surface area contributed by atoms with Crippen LogP contribution in [-0.2, 0) is 6.42 Å². The molecule has 0 aromatic carbocycles. The molecule has 1 aliphatic carbocycles. The maximum Gasteiger partial charge on any atom is 0.251 e. The van der Waals surface area contributed by atoms with E-state index in [1.807, 2.05) is 0 Å². The van der Waals surface area contributed by atoms with Gasteiger partial charge in [0, 0.05) is 17.7 Å². The summed E-state index contributed by atoms with van der Waals surface area (Å²) in [5.41, 5.74) is 0.965. The number of hydrogen-bond acceptors (Lipinski definition) is 2. The van der Waals surface area contributed by atoms with Crippen molar-refractivity contribution >= 4 is 0 Å². The van der Waals surface area contributed by atoms with Gasteiger partial charge < -0.3 is 4.98 Å². The average Bonchev–Trinajstić information content (AvgIpc) is 2.99. The van der Waals surface area contributed by atoms with Crippen molar-refractivity contribution in [2.75, 3.05) is 0 Å². The van der Waals surface area contributed by atoms with Crippen LogP contribution in [0.1, 0.15) is 50.5 Å². The van der Waals surface area contributed by atoms with Crippen molar-refractivity contribution < 1.29 is 0 Å². The largest absolute Gasteiger partial charge is 0.310 e. The van der Waals surface area contributed by atoms with Crippen LogP contribution in [0.15, 0.2) is 10.9 Å². The minimum atomic E-state index is -0.00375. The highest BCUT2D eigenvalue weighted by Gasteiger charge is 2.22. The Bertz CT molecular complexity index is 393. The van der Waals surface area contributed by atoms with Crippen molar-refractivity contribution in [1.82, 2.24) is 9.97 Å². The lowest BCUT2D eigenvalue weighted by atomic mass is 10.1. The Morgan fingerprint density at radius 3 is 2.93 bits per heavy atom. The summed E-state index contributed by atoms with van der Waals surface area (Å²) in [6, 6.07) is 1.64. The molecule has 3 nitrogen and oxygen atoms in total. The van der Waals surface area contributed by atoms with Crippen LogP contribution in [0.3, 0.4) is 0 Å². The van der Waals surface area contributed by atoms with Crippen LogP contribution in [0, 0.1) is 5.92 Å². The molecule has 0 saturated heterocycles. The van der Waals surface area contributed by atoms with Gasteiger partial charge in [-0.3, -0.25) is 4.79 Å². The van der Waals surface area contributed by atoms with E-state index in [4.69, 9.17) is 0 Å². The highest BCUT2D eigenvalue weighted by atomic mass is 16.1. The SMILES string of the molecule is CCC(C)c1nc(CC2CC2)cc(=O)[nH]1. The van der Waals surface area contributed by atoms with E-state index in [9.17, 15) is 4.79 Å². The monoisotopic (exact) mass is 206 g/mol. The van der Waals surface area contributed by atoms with Crippen LogP contribution < -0.4 is 5.56 Å². The Hall–Kier alpha value is -1.12. The van der Waals surface area contributed by atoms with Crippen molar-refractivity contribution in [3.8, 4) is 0 Å². The number of nitrogens with one attached hydrogen (secondary N) is 1. The van der Waals surface area contributed by atoms with E-state index in [0.717, 1.165) is 30.3 Å². The zero-order valence-electron chi connectivity index (χ0n) is 9.42. The van der Waals surface area contributed by atoms with Gasteiger partial charge in [0.2, 0.25) is 0 Å². The van der Waals surface area contributed by atoms with Crippen molar-refractivity contribution in [1.29, 1.82) is 0 Å². The zero-order chi connectivity index (χ0) is 10.8. The first-order valence-corrected chi connectivity index (χ1v) is 5.79. The van der Waals surface area contributed by atoms with Crippen molar-refractivity contribution in [3.05, 3.63) is 27.9 Å². The second kappa shape index (κ2) is 4.17. The summed E-state index contributed by atoms with van der Waals surface area (Å²) in [7, 11) is 0. The molecule has 1 aromatic heterocycles. The van der Waals surface area contributed by atoms with Crippen LogP contribution in [0.2, 0.25) is 0 Å². The lowest BCUT2D eigenvalue weighted by Crippen LogP contribution is -2.14. The predicted octanol–water partition coefficient (Wildman–Crippen LogP) is 2.24. The lowest BCUT2D eigenvalue weighted by molar-refractivity contribution is 0.659. The summed E-state index contributed by atoms with van der Waals surface area (Å²) in [6.45, 7) is 4.21. The van der Waals surface area contributed by atoms with E-state index >= 15 is 0 Å². The van der Waals surface area contributed by atoms with Gasteiger partial charge in [0.25, 0.3) is 5.56 Å². The third kappa shape index (κ3) is 2.67. The van der Waals surface area contributed by atoms with Crippen molar-refractivity contribution in [2.24, 2.45) is 5.92 Å². The van der Waals surface area contributed by atoms with Gasteiger partial charge in [0.15, 0.2) is 0 Å². The number of rotatable bonds is 4.